The molecule has 0 spiro atoms. The summed E-state index contributed by atoms with van der Waals surface area (Å²) in [6.45, 7) is 1.73. The Balaban J connectivity index is 2.13. The Hall–Kier alpha value is -1.06. The monoisotopic (exact) mass is 241 g/mol. The number of rotatable bonds is 6. The van der Waals surface area contributed by atoms with Crippen molar-refractivity contribution in [1.29, 1.82) is 0 Å². The Labute approximate surface area is 103 Å². The van der Waals surface area contributed by atoms with E-state index < -0.39 is 5.97 Å². The average molecular weight is 241 g/mol. The van der Waals surface area contributed by atoms with Gasteiger partial charge in [-0.3, -0.25) is 9.59 Å². The molecular weight excluding hydrogens is 218 g/mol. The van der Waals surface area contributed by atoms with Gasteiger partial charge in [-0.25, -0.2) is 0 Å². The molecule has 4 heteroatoms. The molecule has 0 bridgehead atoms. The van der Waals surface area contributed by atoms with Gasteiger partial charge in [0.2, 0.25) is 5.91 Å². The van der Waals surface area contributed by atoms with Gasteiger partial charge in [0.15, 0.2) is 0 Å². The van der Waals surface area contributed by atoms with Crippen LogP contribution in [0.25, 0.3) is 0 Å². The van der Waals surface area contributed by atoms with Crippen LogP contribution in [0.4, 0.5) is 0 Å². The van der Waals surface area contributed by atoms with Gasteiger partial charge in [-0.05, 0) is 19.3 Å². The maximum Gasteiger partial charge on any atom is 0.305 e. The van der Waals surface area contributed by atoms with E-state index in [-0.39, 0.29) is 18.4 Å². The molecule has 0 saturated heterocycles. The van der Waals surface area contributed by atoms with Crippen LogP contribution in [-0.4, -0.2) is 23.0 Å². The standard InChI is InChI=1S/C13H23NO3/c1-10(9-13(16)17)14-12(15)8-7-11-5-3-2-4-6-11/h10-11H,2-9H2,1H3,(H,14,15)(H,16,17). The number of carboxylic acids is 1. The van der Waals surface area contributed by atoms with Gasteiger partial charge in [-0.15, -0.1) is 0 Å². The number of aliphatic carboxylic acids is 1. The van der Waals surface area contributed by atoms with Crippen molar-refractivity contribution in [3.8, 4) is 0 Å². The molecule has 1 amide bonds. The fraction of sp³-hybridized carbons (Fsp3) is 0.846. The molecule has 17 heavy (non-hydrogen) atoms. The van der Waals surface area contributed by atoms with E-state index in [0.29, 0.717) is 12.3 Å². The Morgan fingerprint density at radius 2 is 1.94 bits per heavy atom. The van der Waals surface area contributed by atoms with Crippen molar-refractivity contribution in [3.05, 3.63) is 0 Å². The molecule has 0 heterocycles. The molecule has 1 atom stereocenters. The summed E-state index contributed by atoms with van der Waals surface area (Å²) in [6.07, 6.45) is 7.90. The zero-order chi connectivity index (χ0) is 12.7. The van der Waals surface area contributed by atoms with E-state index in [2.05, 4.69) is 5.32 Å². The number of nitrogens with one attached hydrogen (secondary N) is 1. The van der Waals surface area contributed by atoms with Crippen molar-refractivity contribution in [2.45, 2.75) is 64.3 Å². The van der Waals surface area contributed by atoms with Crippen molar-refractivity contribution in [1.82, 2.24) is 5.32 Å². The van der Waals surface area contributed by atoms with Crippen molar-refractivity contribution >= 4 is 11.9 Å². The van der Waals surface area contributed by atoms with Crippen molar-refractivity contribution in [3.63, 3.8) is 0 Å². The SMILES string of the molecule is CC(CC(=O)O)NC(=O)CCC1CCCCC1. The summed E-state index contributed by atoms with van der Waals surface area (Å²) >= 11 is 0. The predicted octanol–water partition coefficient (Wildman–Crippen LogP) is 2.33. The Bertz CT molecular complexity index is 259. The Kier molecular flexibility index (Phi) is 6.01. The van der Waals surface area contributed by atoms with Crippen LogP contribution in [0.2, 0.25) is 0 Å². The first kappa shape index (κ1) is 14.0. The van der Waals surface area contributed by atoms with Crippen LogP contribution in [0, 0.1) is 5.92 Å². The lowest BCUT2D eigenvalue weighted by molar-refractivity contribution is -0.137. The van der Waals surface area contributed by atoms with Crippen LogP contribution in [0.5, 0.6) is 0 Å². The maximum absolute atomic E-state index is 11.6. The zero-order valence-electron chi connectivity index (χ0n) is 10.6. The Morgan fingerprint density at radius 1 is 1.29 bits per heavy atom. The van der Waals surface area contributed by atoms with Gasteiger partial charge < -0.3 is 10.4 Å². The first-order chi connectivity index (χ1) is 8.08. The van der Waals surface area contributed by atoms with Gasteiger partial charge in [0.25, 0.3) is 0 Å². The molecular formula is C13H23NO3. The highest BCUT2D eigenvalue weighted by atomic mass is 16.4. The highest BCUT2D eigenvalue weighted by Gasteiger charge is 2.16. The molecule has 1 rings (SSSR count). The lowest BCUT2D eigenvalue weighted by Gasteiger charge is -2.21. The smallest absolute Gasteiger partial charge is 0.305 e. The number of hydrogen-bond acceptors (Lipinski definition) is 2. The lowest BCUT2D eigenvalue weighted by atomic mass is 9.86. The van der Waals surface area contributed by atoms with Crippen LogP contribution in [0.15, 0.2) is 0 Å². The maximum atomic E-state index is 11.6. The van der Waals surface area contributed by atoms with Crippen LogP contribution in [0.3, 0.4) is 0 Å². The minimum atomic E-state index is -0.870. The van der Waals surface area contributed by atoms with Crippen molar-refractivity contribution < 1.29 is 14.7 Å². The van der Waals surface area contributed by atoms with Crippen LogP contribution in [-0.2, 0) is 9.59 Å². The lowest BCUT2D eigenvalue weighted by Crippen LogP contribution is -2.34. The largest absolute Gasteiger partial charge is 0.481 e. The first-order valence-electron chi connectivity index (χ1n) is 6.59. The van der Waals surface area contributed by atoms with E-state index >= 15 is 0 Å². The third-order valence-corrected chi connectivity index (χ3v) is 3.39. The fourth-order valence-electron chi connectivity index (χ4n) is 2.47. The molecule has 1 unspecified atom stereocenters. The van der Waals surface area contributed by atoms with Gasteiger partial charge >= 0.3 is 5.97 Å². The normalized spacial score (nSPS) is 18.6. The fourth-order valence-corrected chi connectivity index (χ4v) is 2.47. The predicted molar refractivity (Wildman–Crippen MR) is 65.7 cm³/mol. The molecule has 0 aliphatic heterocycles. The van der Waals surface area contributed by atoms with Crippen molar-refractivity contribution in [2.75, 3.05) is 0 Å². The summed E-state index contributed by atoms with van der Waals surface area (Å²) in [6, 6.07) is -0.272. The molecule has 1 fully saturated rings. The quantitative estimate of drug-likeness (QED) is 0.750. The summed E-state index contributed by atoms with van der Waals surface area (Å²) < 4.78 is 0. The highest BCUT2D eigenvalue weighted by molar-refractivity contribution is 5.77. The minimum absolute atomic E-state index is 0.00479. The molecule has 0 radical (unpaired) electrons. The van der Waals surface area contributed by atoms with E-state index in [1.54, 1.807) is 6.92 Å². The summed E-state index contributed by atoms with van der Waals surface area (Å²) in [4.78, 5) is 22.0. The van der Waals surface area contributed by atoms with E-state index in [9.17, 15) is 9.59 Å². The molecule has 1 aliphatic carbocycles. The number of carbonyl (C=O) groups is 2. The van der Waals surface area contributed by atoms with Gasteiger partial charge in [-0.2, -0.15) is 0 Å². The molecule has 4 nitrogen and oxygen atoms in total. The van der Waals surface area contributed by atoms with E-state index in [1.807, 2.05) is 0 Å². The van der Waals surface area contributed by atoms with Crippen LogP contribution >= 0.6 is 0 Å². The molecule has 0 aromatic rings. The highest BCUT2D eigenvalue weighted by Crippen LogP contribution is 2.27. The molecule has 1 saturated carbocycles. The topological polar surface area (TPSA) is 66.4 Å². The van der Waals surface area contributed by atoms with E-state index in [0.717, 1.165) is 6.42 Å². The summed E-state index contributed by atoms with van der Waals surface area (Å²) in [5.74, 6) is -0.182. The van der Waals surface area contributed by atoms with Gasteiger partial charge in [0.05, 0.1) is 6.42 Å². The number of hydrogen-bond donors (Lipinski definition) is 2. The average Bonchev–Trinajstić information content (AvgIpc) is 2.26. The second kappa shape index (κ2) is 7.30. The van der Waals surface area contributed by atoms with Gasteiger partial charge in [0.1, 0.15) is 0 Å². The number of carboxylic acid groups (broad SMARTS) is 1. The van der Waals surface area contributed by atoms with Gasteiger partial charge in [0, 0.05) is 12.5 Å². The number of amides is 1. The minimum Gasteiger partial charge on any atom is -0.481 e. The zero-order valence-corrected chi connectivity index (χ0v) is 10.6. The third kappa shape index (κ3) is 6.29. The first-order valence-corrected chi connectivity index (χ1v) is 6.59. The Morgan fingerprint density at radius 3 is 2.53 bits per heavy atom. The number of carbonyl (C=O) groups excluding carboxylic acids is 1. The van der Waals surface area contributed by atoms with E-state index in [1.165, 1.54) is 32.1 Å². The second-order valence-corrected chi connectivity index (χ2v) is 5.11. The molecule has 0 aromatic heterocycles. The van der Waals surface area contributed by atoms with Gasteiger partial charge in [-0.1, -0.05) is 32.1 Å². The summed E-state index contributed by atoms with van der Waals surface area (Å²) in [5, 5.41) is 11.3. The van der Waals surface area contributed by atoms with Crippen molar-refractivity contribution in [2.24, 2.45) is 5.92 Å². The van der Waals surface area contributed by atoms with Crippen LogP contribution in [0.1, 0.15) is 58.3 Å². The molecule has 0 aromatic carbocycles. The molecule has 1 aliphatic rings. The second-order valence-electron chi connectivity index (χ2n) is 5.11. The molecule has 98 valence electrons. The third-order valence-electron chi connectivity index (χ3n) is 3.39. The van der Waals surface area contributed by atoms with Crippen LogP contribution < -0.4 is 5.32 Å². The summed E-state index contributed by atoms with van der Waals surface area (Å²) in [5.41, 5.74) is 0. The molecule has 2 N–H and O–H groups in total. The van der Waals surface area contributed by atoms with E-state index in [4.69, 9.17) is 5.11 Å². The summed E-state index contributed by atoms with van der Waals surface area (Å²) in [7, 11) is 0.